The van der Waals surface area contributed by atoms with Gasteiger partial charge in [-0.25, -0.2) is 13.7 Å². The third kappa shape index (κ3) is 9.03. The largest absolute Gasteiger partial charge is 0.490 e. The van der Waals surface area contributed by atoms with E-state index >= 15 is 0 Å². The molecule has 0 saturated heterocycles. The smallest absolute Gasteiger partial charge is 0.383 e. The number of aliphatic hydroxyl groups is 1. The van der Waals surface area contributed by atoms with Crippen molar-refractivity contribution in [3.63, 3.8) is 0 Å². The van der Waals surface area contributed by atoms with E-state index < -0.39 is 36.2 Å². The minimum atomic E-state index is -5.58. The van der Waals surface area contributed by atoms with Gasteiger partial charge in [-0.1, -0.05) is 0 Å². The van der Waals surface area contributed by atoms with Crippen LogP contribution in [0, 0.1) is 0 Å². The van der Waals surface area contributed by atoms with Gasteiger partial charge in [-0.3, -0.25) is 4.52 Å². The van der Waals surface area contributed by atoms with Crippen LogP contribution in [0.4, 0.5) is 0 Å². The van der Waals surface area contributed by atoms with Crippen LogP contribution in [-0.2, 0) is 31.6 Å². The lowest BCUT2D eigenvalue weighted by Gasteiger charge is -2.16. The predicted octanol–water partition coefficient (Wildman–Crippen LogP) is -1.11. The molecule has 18 heavy (non-hydrogen) atoms. The zero-order valence-electron chi connectivity index (χ0n) is 8.30. The van der Waals surface area contributed by atoms with Gasteiger partial charge >= 0.3 is 23.5 Å². The van der Waals surface area contributed by atoms with Gasteiger partial charge in [0, 0.05) is 0 Å². The van der Waals surface area contributed by atoms with Crippen molar-refractivity contribution in [1.82, 2.24) is 0 Å². The normalized spacial score (nSPS) is 20.7. The second kappa shape index (κ2) is 6.47. The Hall–Kier alpha value is 0.0400. The summed E-state index contributed by atoms with van der Waals surface area (Å²) in [5.41, 5.74) is 0. The summed E-state index contributed by atoms with van der Waals surface area (Å²) < 4.78 is 42.5. The first-order chi connectivity index (χ1) is 7.87. The van der Waals surface area contributed by atoms with E-state index in [1.54, 1.807) is 0 Å². The molecule has 108 valence electrons. The Kier molecular flexibility index (Phi) is 6.48. The zero-order chi connectivity index (χ0) is 14.6. The standard InChI is InChI=1S/C3H9O12P3/c4-1-3(5)2-13-17(9,10)15-18(11,12)14-16(6,7)8/h1,3,5H,2H2,(H,9,10)(H,11,12)(H2,6,7,8). The van der Waals surface area contributed by atoms with Gasteiger partial charge in [0.2, 0.25) is 0 Å². The van der Waals surface area contributed by atoms with Gasteiger partial charge in [-0.05, 0) is 0 Å². The maximum absolute atomic E-state index is 11.0. The van der Waals surface area contributed by atoms with Gasteiger partial charge in [-0.15, -0.1) is 0 Å². The molecule has 0 aromatic heterocycles. The summed E-state index contributed by atoms with van der Waals surface area (Å²) in [6, 6.07) is 0. The summed E-state index contributed by atoms with van der Waals surface area (Å²) in [6.07, 6.45) is -1.86. The molecule has 0 aromatic rings. The number of hydrogen-bond acceptors (Lipinski definition) is 8. The number of phosphoric acid groups is 3. The Morgan fingerprint density at radius 2 is 1.50 bits per heavy atom. The molecule has 0 amide bonds. The fourth-order valence-electron chi connectivity index (χ4n) is 0.513. The first-order valence-electron chi connectivity index (χ1n) is 3.78. The van der Waals surface area contributed by atoms with Crippen molar-refractivity contribution in [2.75, 3.05) is 6.61 Å². The SMILES string of the molecule is O=CC(O)COP(=O)(O)OP(=O)(O)OP(=O)(O)O. The summed E-state index contributed by atoms with van der Waals surface area (Å²) in [5, 5.41) is 8.64. The number of carbonyl (C=O) groups is 1. The first kappa shape index (κ1) is 18.0. The molecule has 5 N–H and O–H groups in total. The van der Waals surface area contributed by atoms with E-state index in [0.717, 1.165) is 0 Å². The van der Waals surface area contributed by atoms with Crippen LogP contribution in [0.1, 0.15) is 0 Å². The van der Waals surface area contributed by atoms with Crippen LogP contribution in [0.5, 0.6) is 0 Å². The topological polar surface area (TPSA) is 197 Å². The molecule has 0 aliphatic rings. The summed E-state index contributed by atoms with van der Waals surface area (Å²) in [4.78, 5) is 43.8. The number of carbonyl (C=O) groups excluding carboxylic acids is 1. The number of rotatable bonds is 8. The molecule has 0 aliphatic heterocycles. The average molecular weight is 330 g/mol. The van der Waals surface area contributed by atoms with Gasteiger partial charge in [0.15, 0.2) is 6.29 Å². The maximum Gasteiger partial charge on any atom is 0.490 e. The highest BCUT2D eigenvalue weighted by molar-refractivity contribution is 7.66. The Morgan fingerprint density at radius 1 is 1.00 bits per heavy atom. The third-order valence-electron chi connectivity index (χ3n) is 0.981. The van der Waals surface area contributed by atoms with Gasteiger partial charge in [0.1, 0.15) is 6.10 Å². The zero-order valence-corrected chi connectivity index (χ0v) is 11.0. The molecule has 15 heteroatoms. The summed E-state index contributed by atoms with van der Waals surface area (Å²) >= 11 is 0. The Morgan fingerprint density at radius 3 is 1.89 bits per heavy atom. The lowest BCUT2D eigenvalue weighted by atomic mass is 10.4. The maximum atomic E-state index is 11.0. The summed E-state index contributed by atoms with van der Waals surface area (Å²) in [6.45, 7) is -1.05. The quantitative estimate of drug-likeness (QED) is 0.266. The molecule has 0 radical (unpaired) electrons. The van der Waals surface area contributed by atoms with Crippen molar-refractivity contribution >= 4 is 29.8 Å². The van der Waals surface area contributed by atoms with Crippen molar-refractivity contribution in [2.24, 2.45) is 0 Å². The van der Waals surface area contributed by atoms with Crippen molar-refractivity contribution in [3.05, 3.63) is 0 Å². The van der Waals surface area contributed by atoms with E-state index in [0.29, 0.717) is 0 Å². The van der Waals surface area contributed by atoms with Crippen molar-refractivity contribution in [3.8, 4) is 0 Å². The van der Waals surface area contributed by atoms with Crippen LogP contribution < -0.4 is 0 Å². The van der Waals surface area contributed by atoms with E-state index in [2.05, 4.69) is 13.1 Å². The molecule has 0 bridgehead atoms. The Bertz CT molecular complexity index is 422. The molecule has 0 saturated carbocycles. The molecule has 0 rings (SSSR count). The van der Waals surface area contributed by atoms with Gasteiger partial charge < -0.3 is 29.5 Å². The molecule has 0 heterocycles. The minimum Gasteiger partial charge on any atom is -0.383 e. The van der Waals surface area contributed by atoms with E-state index in [1.165, 1.54) is 0 Å². The highest BCUT2D eigenvalue weighted by atomic mass is 31.3. The lowest BCUT2D eigenvalue weighted by Crippen LogP contribution is -2.15. The Balaban J connectivity index is 4.57. The molecule has 12 nitrogen and oxygen atoms in total. The second-order valence-corrected chi connectivity index (χ2v) is 7.01. The molecular formula is C3H9O12P3. The fraction of sp³-hybridized carbons (Fsp3) is 0.667. The van der Waals surface area contributed by atoms with Gasteiger partial charge in [-0.2, -0.15) is 8.62 Å². The number of phosphoric ester groups is 1. The van der Waals surface area contributed by atoms with Crippen LogP contribution in [0.25, 0.3) is 0 Å². The second-order valence-electron chi connectivity index (χ2n) is 2.59. The fourth-order valence-corrected chi connectivity index (χ4v) is 3.55. The lowest BCUT2D eigenvalue weighted by molar-refractivity contribution is -0.116. The van der Waals surface area contributed by atoms with Crippen molar-refractivity contribution < 1.29 is 56.3 Å². The predicted molar refractivity (Wildman–Crippen MR) is 51.9 cm³/mol. The average Bonchev–Trinajstić information content (AvgIpc) is 2.08. The van der Waals surface area contributed by atoms with Crippen LogP contribution >= 0.6 is 23.5 Å². The van der Waals surface area contributed by atoms with E-state index in [9.17, 15) is 18.5 Å². The van der Waals surface area contributed by atoms with Crippen molar-refractivity contribution in [2.45, 2.75) is 6.10 Å². The van der Waals surface area contributed by atoms with Crippen LogP contribution in [0.2, 0.25) is 0 Å². The van der Waals surface area contributed by atoms with Gasteiger partial charge in [0.05, 0.1) is 6.61 Å². The highest BCUT2D eigenvalue weighted by Gasteiger charge is 2.40. The van der Waals surface area contributed by atoms with E-state index in [4.69, 9.17) is 24.7 Å². The monoisotopic (exact) mass is 330 g/mol. The molecule has 0 aromatic carbocycles. The van der Waals surface area contributed by atoms with E-state index in [-0.39, 0.29) is 6.29 Å². The third-order valence-corrected chi connectivity index (χ3v) is 4.78. The first-order valence-corrected chi connectivity index (χ1v) is 8.31. The number of hydrogen-bond donors (Lipinski definition) is 5. The molecule has 0 aliphatic carbocycles. The molecule has 0 fully saturated rings. The van der Waals surface area contributed by atoms with Crippen LogP contribution in [0.3, 0.4) is 0 Å². The minimum absolute atomic E-state index is 0.0648. The number of aldehydes is 1. The van der Waals surface area contributed by atoms with Crippen LogP contribution in [-0.4, -0.2) is 43.7 Å². The number of aliphatic hydroxyl groups excluding tert-OH is 1. The van der Waals surface area contributed by atoms with Gasteiger partial charge in [0.25, 0.3) is 0 Å². The van der Waals surface area contributed by atoms with Crippen molar-refractivity contribution in [1.29, 1.82) is 0 Å². The summed E-state index contributed by atoms with van der Waals surface area (Å²) in [5.74, 6) is 0. The summed E-state index contributed by atoms with van der Waals surface area (Å²) in [7, 11) is -16.3. The molecule has 3 atom stereocenters. The molecule has 0 spiro atoms. The molecular weight excluding hydrogens is 321 g/mol. The highest BCUT2D eigenvalue weighted by Crippen LogP contribution is 2.66. The van der Waals surface area contributed by atoms with E-state index in [1.807, 2.05) is 0 Å². The van der Waals surface area contributed by atoms with Crippen LogP contribution in [0.15, 0.2) is 0 Å². The molecule has 3 unspecified atom stereocenters. The Labute approximate surface area is 99.6 Å².